The number of hydrogen-bond donors (Lipinski definition) is 3. The van der Waals surface area contributed by atoms with E-state index in [1.54, 1.807) is 6.07 Å². The summed E-state index contributed by atoms with van der Waals surface area (Å²) in [6.07, 6.45) is 3.87. The van der Waals surface area contributed by atoms with Crippen LogP contribution in [0, 0.1) is 0 Å². The monoisotopic (exact) mass is 213 g/mol. The van der Waals surface area contributed by atoms with E-state index in [0.717, 1.165) is 23.8 Å². The fourth-order valence-electron chi connectivity index (χ4n) is 1.85. The maximum absolute atomic E-state index is 11.9. The Labute approximate surface area is 93.0 Å². The standard InChI is InChI=1S/C12H11N3O/c16-12-8-4-1-2-5-9(8)14-11-10(15-12)6-3-7-13-11/h1-6,13-14H,7H2,(H,15,16). The van der Waals surface area contributed by atoms with Gasteiger partial charge in [-0.2, -0.15) is 0 Å². The third-order valence-corrected chi connectivity index (χ3v) is 2.63. The lowest BCUT2D eigenvalue weighted by molar-refractivity contribution is 0.0968. The molecule has 1 aromatic carbocycles. The molecule has 0 saturated heterocycles. The number of fused-ring (bicyclic) bond motifs is 1. The molecule has 0 radical (unpaired) electrons. The molecule has 0 atom stereocenters. The van der Waals surface area contributed by atoms with Crippen LogP contribution in [-0.2, 0) is 0 Å². The zero-order valence-electron chi connectivity index (χ0n) is 8.58. The van der Waals surface area contributed by atoms with Crippen LogP contribution in [0.4, 0.5) is 5.69 Å². The van der Waals surface area contributed by atoms with Crippen LogP contribution in [0.15, 0.2) is 47.9 Å². The Balaban J connectivity index is 2.10. The van der Waals surface area contributed by atoms with Gasteiger partial charge in [0.15, 0.2) is 0 Å². The van der Waals surface area contributed by atoms with E-state index in [1.165, 1.54) is 0 Å². The molecule has 16 heavy (non-hydrogen) atoms. The van der Waals surface area contributed by atoms with Gasteiger partial charge in [-0.05, 0) is 18.2 Å². The summed E-state index contributed by atoms with van der Waals surface area (Å²) in [5, 5.41) is 9.28. The largest absolute Gasteiger partial charge is 0.366 e. The van der Waals surface area contributed by atoms with Crippen LogP contribution in [0.1, 0.15) is 10.4 Å². The van der Waals surface area contributed by atoms with Crippen LogP contribution in [-0.4, -0.2) is 12.5 Å². The highest BCUT2D eigenvalue weighted by Gasteiger charge is 2.20. The number of carbonyl (C=O) groups is 1. The van der Waals surface area contributed by atoms with E-state index in [9.17, 15) is 4.79 Å². The third kappa shape index (κ3) is 1.35. The Kier molecular flexibility index (Phi) is 1.93. The molecule has 4 nitrogen and oxygen atoms in total. The van der Waals surface area contributed by atoms with E-state index >= 15 is 0 Å². The lowest BCUT2D eigenvalue weighted by atomic mass is 10.1. The maximum Gasteiger partial charge on any atom is 0.257 e. The number of anilines is 1. The van der Waals surface area contributed by atoms with Gasteiger partial charge in [0.1, 0.15) is 5.82 Å². The smallest absolute Gasteiger partial charge is 0.257 e. The van der Waals surface area contributed by atoms with Crippen molar-refractivity contribution in [2.45, 2.75) is 0 Å². The highest BCUT2D eigenvalue weighted by atomic mass is 16.1. The SMILES string of the molecule is O=C1NC2=C(NCC=C2)Nc2ccccc21. The summed E-state index contributed by atoms with van der Waals surface area (Å²) in [4.78, 5) is 11.9. The molecule has 1 aromatic rings. The van der Waals surface area contributed by atoms with Crippen molar-refractivity contribution >= 4 is 11.6 Å². The molecular weight excluding hydrogens is 202 g/mol. The quantitative estimate of drug-likeness (QED) is 0.606. The molecule has 0 bridgehead atoms. The van der Waals surface area contributed by atoms with Crippen LogP contribution in [0.3, 0.4) is 0 Å². The highest BCUT2D eigenvalue weighted by Crippen LogP contribution is 2.21. The van der Waals surface area contributed by atoms with Gasteiger partial charge in [0.05, 0.1) is 16.9 Å². The topological polar surface area (TPSA) is 53.2 Å². The van der Waals surface area contributed by atoms with Gasteiger partial charge in [-0.3, -0.25) is 4.79 Å². The molecule has 0 aliphatic carbocycles. The fourth-order valence-corrected chi connectivity index (χ4v) is 1.85. The van der Waals surface area contributed by atoms with Crippen LogP contribution in [0.25, 0.3) is 0 Å². The number of nitrogens with one attached hydrogen (secondary N) is 3. The summed E-state index contributed by atoms with van der Waals surface area (Å²) in [6, 6.07) is 7.46. The van der Waals surface area contributed by atoms with Crippen LogP contribution in [0.2, 0.25) is 0 Å². The van der Waals surface area contributed by atoms with Crippen molar-refractivity contribution in [3.63, 3.8) is 0 Å². The van der Waals surface area contributed by atoms with Crippen LogP contribution in [0.5, 0.6) is 0 Å². The highest BCUT2D eigenvalue weighted by molar-refractivity contribution is 6.02. The summed E-state index contributed by atoms with van der Waals surface area (Å²) in [5.74, 6) is 0.766. The first-order valence-electron chi connectivity index (χ1n) is 5.17. The minimum atomic E-state index is -0.0820. The molecule has 0 aromatic heterocycles. The average Bonchev–Trinajstić information content (AvgIpc) is 2.45. The Morgan fingerprint density at radius 2 is 2.00 bits per heavy atom. The predicted molar refractivity (Wildman–Crippen MR) is 61.7 cm³/mol. The van der Waals surface area contributed by atoms with E-state index in [2.05, 4.69) is 16.0 Å². The van der Waals surface area contributed by atoms with Gasteiger partial charge in [0.25, 0.3) is 5.91 Å². The number of para-hydroxylation sites is 1. The van der Waals surface area contributed by atoms with E-state index in [4.69, 9.17) is 0 Å². The van der Waals surface area contributed by atoms with Crippen molar-refractivity contribution in [2.75, 3.05) is 11.9 Å². The number of carbonyl (C=O) groups excluding carboxylic acids is 1. The van der Waals surface area contributed by atoms with Crippen molar-refractivity contribution in [3.8, 4) is 0 Å². The van der Waals surface area contributed by atoms with Crippen molar-refractivity contribution in [1.82, 2.24) is 10.6 Å². The molecule has 2 aliphatic rings. The van der Waals surface area contributed by atoms with E-state index in [-0.39, 0.29) is 5.91 Å². The summed E-state index contributed by atoms with van der Waals surface area (Å²) in [5.41, 5.74) is 2.27. The van der Waals surface area contributed by atoms with Gasteiger partial charge < -0.3 is 16.0 Å². The number of amides is 1. The normalized spacial score (nSPS) is 17.6. The number of rotatable bonds is 0. The first-order chi connectivity index (χ1) is 7.84. The fraction of sp³-hybridized carbons (Fsp3) is 0.0833. The molecule has 2 heterocycles. The van der Waals surface area contributed by atoms with E-state index in [1.807, 2.05) is 30.4 Å². The number of allylic oxidation sites excluding steroid dienone is 1. The number of dihydropyridines is 1. The van der Waals surface area contributed by atoms with Gasteiger partial charge in [-0.15, -0.1) is 0 Å². The molecule has 0 saturated carbocycles. The Morgan fingerprint density at radius 3 is 2.94 bits per heavy atom. The summed E-state index contributed by atoms with van der Waals surface area (Å²) in [7, 11) is 0. The van der Waals surface area contributed by atoms with Gasteiger partial charge in [0.2, 0.25) is 0 Å². The van der Waals surface area contributed by atoms with Crippen molar-refractivity contribution in [1.29, 1.82) is 0 Å². The summed E-state index contributed by atoms with van der Waals surface area (Å²) < 4.78 is 0. The second kappa shape index (κ2) is 3.41. The Bertz CT molecular complexity index is 517. The first-order valence-corrected chi connectivity index (χ1v) is 5.17. The van der Waals surface area contributed by atoms with Crippen LogP contribution < -0.4 is 16.0 Å². The van der Waals surface area contributed by atoms with E-state index in [0.29, 0.717) is 5.56 Å². The molecule has 0 fully saturated rings. The molecule has 0 spiro atoms. The molecule has 80 valence electrons. The molecule has 0 unspecified atom stereocenters. The lowest BCUT2D eigenvalue weighted by Gasteiger charge is -2.16. The van der Waals surface area contributed by atoms with Crippen molar-refractivity contribution in [2.24, 2.45) is 0 Å². The minimum Gasteiger partial charge on any atom is -0.366 e. The van der Waals surface area contributed by atoms with Gasteiger partial charge >= 0.3 is 0 Å². The minimum absolute atomic E-state index is 0.0820. The van der Waals surface area contributed by atoms with Crippen LogP contribution >= 0.6 is 0 Å². The average molecular weight is 213 g/mol. The molecule has 3 rings (SSSR count). The lowest BCUT2D eigenvalue weighted by Crippen LogP contribution is -2.29. The van der Waals surface area contributed by atoms with Gasteiger partial charge in [-0.25, -0.2) is 0 Å². The zero-order valence-corrected chi connectivity index (χ0v) is 8.58. The number of hydrogen-bond acceptors (Lipinski definition) is 3. The van der Waals surface area contributed by atoms with Gasteiger partial charge in [0, 0.05) is 6.54 Å². The molecule has 3 N–H and O–H groups in total. The molecule has 1 amide bonds. The maximum atomic E-state index is 11.9. The number of benzene rings is 1. The molecular formula is C12H11N3O. The van der Waals surface area contributed by atoms with Crippen molar-refractivity contribution in [3.05, 3.63) is 53.5 Å². The van der Waals surface area contributed by atoms with Crippen molar-refractivity contribution < 1.29 is 4.79 Å². The van der Waals surface area contributed by atoms with E-state index < -0.39 is 0 Å². The Morgan fingerprint density at radius 1 is 1.12 bits per heavy atom. The zero-order chi connectivity index (χ0) is 11.0. The third-order valence-electron chi connectivity index (χ3n) is 2.63. The second-order valence-corrected chi connectivity index (χ2v) is 3.70. The second-order valence-electron chi connectivity index (χ2n) is 3.70. The summed E-state index contributed by atoms with van der Waals surface area (Å²) in [6.45, 7) is 0.768. The predicted octanol–water partition coefficient (Wildman–Crippen LogP) is 1.17. The molecule has 4 heteroatoms. The van der Waals surface area contributed by atoms with Gasteiger partial charge in [-0.1, -0.05) is 18.2 Å². The summed E-state index contributed by atoms with van der Waals surface area (Å²) >= 11 is 0. The molecule has 2 aliphatic heterocycles. The Hall–Kier alpha value is -2.23. The first kappa shape index (κ1) is 9.03.